The largest absolute Gasteiger partial charge is 0.323 e. The van der Waals surface area contributed by atoms with Crippen molar-refractivity contribution in [1.29, 1.82) is 0 Å². The van der Waals surface area contributed by atoms with E-state index in [2.05, 4.69) is 5.10 Å². The lowest BCUT2D eigenvalue weighted by atomic mass is 10.2. The fourth-order valence-corrected chi connectivity index (χ4v) is 1.01. The smallest absolute Gasteiger partial charge is 0.0538 e. The number of nitrogens with zero attached hydrogens (tertiary/aromatic N) is 1. The summed E-state index contributed by atoms with van der Waals surface area (Å²) in [6.07, 6.45) is 1.59. The van der Waals surface area contributed by atoms with Gasteiger partial charge in [-0.3, -0.25) is 0 Å². The highest BCUT2D eigenvalue weighted by Gasteiger charge is 1.90. The highest BCUT2D eigenvalue weighted by atomic mass is 35.5. The SMILES string of the molecule is NN=Cc1cccc(CCl)c1. The summed E-state index contributed by atoms with van der Waals surface area (Å²) in [4.78, 5) is 0. The molecule has 1 rings (SSSR count). The number of halogens is 1. The zero-order chi connectivity index (χ0) is 8.10. The molecular weight excluding hydrogens is 160 g/mol. The van der Waals surface area contributed by atoms with Crippen LogP contribution in [0.1, 0.15) is 11.1 Å². The standard InChI is InChI=1S/C8H9ClN2/c9-5-7-2-1-3-8(4-7)6-11-10/h1-4,6H,5,10H2. The number of hydrogen-bond acceptors (Lipinski definition) is 2. The van der Waals surface area contributed by atoms with Gasteiger partial charge in [0.2, 0.25) is 0 Å². The third-order valence-electron chi connectivity index (χ3n) is 1.33. The molecule has 0 aliphatic carbocycles. The molecule has 0 fully saturated rings. The molecule has 0 heterocycles. The molecule has 0 aromatic heterocycles. The van der Waals surface area contributed by atoms with E-state index in [9.17, 15) is 0 Å². The molecule has 0 spiro atoms. The van der Waals surface area contributed by atoms with Crippen LogP contribution < -0.4 is 5.84 Å². The molecule has 0 saturated heterocycles. The van der Waals surface area contributed by atoms with Crippen LogP contribution in [0.25, 0.3) is 0 Å². The van der Waals surface area contributed by atoms with E-state index in [0.717, 1.165) is 11.1 Å². The van der Waals surface area contributed by atoms with E-state index < -0.39 is 0 Å². The van der Waals surface area contributed by atoms with E-state index in [4.69, 9.17) is 17.4 Å². The van der Waals surface area contributed by atoms with E-state index in [0.29, 0.717) is 5.88 Å². The number of nitrogens with two attached hydrogens (primary N) is 1. The van der Waals surface area contributed by atoms with Gasteiger partial charge >= 0.3 is 0 Å². The normalized spacial score (nSPS) is 10.6. The molecule has 58 valence electrons. The third kappa shape index (κ3) is 2.24. The summed E-state index contributed by atoms with van der Waals surface area (Å²) >= 11 is 5.62. The van der Waals surface area contributed by atoms with Crippen LogP contribution in [0.15, 0.2) is 29.4 Å². The van der Waals surface area contributed by atoms with E-state index in [1.165, 1.54) is 0 Å². The van der Waals surface area contributed by atoms with Gasteiger partial charge in [-0.2, -0.15) is 5.10 Å². The Morgan fingerprint density at radius 2 is 2.36 bits per heavy atom. The molecule has 2 N–H and O–H groups in total. The van der Waals surface area contributed by atoms with E-state index >= 15 is 0 Å². The van der Waals surface area contributed by atoms with Crippen molar-refractivity contribution in [2.24, 2.45) is 10.9 Å². The van der Waals surface area contributed by atoms with Crippen molar-refractivity contribution < 1.29 is 0 Å². The summed E-state index contributed by atoms with van der Waals surface area (Å²) in [5.74, 6) is 5.51. The minimum Gasteiger partial charge on any atom is -0.323 e. The molecule has 0 atom stereocenters. The van der Waals surface area contributed by atoms with Crippen LogP contribution in [0.3, 0.4) is 0 Å². The molecule has 0 aliphatic heterocycles. The van der Waals surface area contributed by atoms with Gasteiger partial charge in [-0.25, -0.2) is 0 Å². The average molecular weight is 169 g/mol. The molecule has 0 radical (unpaired) electrons. The maximum Gasteiger partial charge on any atom is 0.0538 e. The predicted molar refractivity (Wildman–Crippen MR) is 47.8 cm³/mol. The van der Waals surface area contributed by atoms with Crippen LogP contribution in [-0.4, -0.2) is 6.21 Å². The first-order valence-electron chi connectivity index (χ1n) is 3.25. The maximum atomic E-state index is 5.62. The molecule has 0 aliphatic rings. The van der Waals surface area contributed by atoms with Gasteiger partial charge in [-0.15, -0.1) is 11.6 Å². The highest BCUT2D eigenvalue weighted by molar-refractivity contribution is 6.17. The van der Waals surface area contributed by atoms with Crippen LogP contribution in [0.2, 0.25) is 0 Å². The van der Waals surface area contributed by atoms with Crippen molar-refractivity contribution in [1.82, 2.24) is 0 Å². The van der Waals surface area contributed by atoms with E-state index in [1.807, 2.05) is 24.3 Å². The van der Waals surface area contributed by atoms with Crippen molar-refractivity contribution in [3.05, 3.63) is 35.4 Å². The minimum atomic E-state index is 0.520. The van der Waals surface area contributed by atoms with Crippen molar-refractivity contribution in [3.8, 4) is 0 Å². The second-order valence-corrected chi connectivity index (χ2v) is 2.42. The number of hydrazone groups is 1. The maximum absolute atomic E-state index is 5.62. The Balaban J connectivity index is 2.91. The highest BCUT2D eigenvalue weighted by Crippen LogP contribution is 2.05. The van der Waals surface area contributed by atoms with Crippen LogP contribution in [0, 0.1) is 0 Å². The quantitative estimate of drug-likeness (QED) is 0.311. The van der Waals surface area contributed by atoms with E-state index in [1.54, 1.807) is 6.21 Å². The summed E-state index contributed by atoms with van der Waals surface area (Å²) in [7, 11) is 0. The zero-order valence-electron chi connectivity index (χ0n) is 6.00. The van der Waals surface area contributed by atoms with E-state index in [-0.39, 0.29) is 0 Å². The Labute approximate surface area is 70.7 Å². The first-order chi connectivity index (χ1) is 5.36. The number of alkyl halides is 1. The van der Waals surface area contributed by atoms with Gasteiger partial charge in [0.1, 0.15) is 0 Å². The molecule has 11 heavy (non-hydrogen) atoms. The topological polar surface area (TPSA) is 38.4 Å². The summed E-state index contributed by atoms with van der Waals surface area (Å²) in [5, 5.41) is 3.41. The number of benzene rings is 1. The first-order valence-corrected chi connectivity index (χ1v) is 3.78. The van der Waals surface area contributed by atoms with Crippen LogP contribution in [0.5, 0.6) is 0 Å². The second kappa shape index (κ2) is 3.98. The molecular formula is C8H9ClN2. The Morgan fingerprint density at radius 1 is 1.55 bits per heavy atom. The lowest BCUT2D eigenvalue weighted by Crippen LogP contribution is -1.87. The van der Waals surface area contributed by atoms with Gasteiger partial charge in [-0.1, -0.05) is 18.2 Å². The third-order valence-corrected chi connectivity index (χ3v) is 1.64. The average Bonchev–Trinajstić information content (AvgIpc) is 2.06. The fraction of sp³-hybridized carbons (Fsp3) is 0.125. The summed E-state index contributed by atoms with van der Waals surface area (Å²) in [6.45, 7) is 0. The van der Waals surface area contributed by atoms with Gasteiger partial charge in [0, 0.05) is 5.88 Å². The first kappa shape index (κ1) is 8.08. The van der Waals surface area contributed by atoms with Gasteiger partial charge in [0.05, 0.1) is 6.21 Å². The fourth-order valence-electron chi connectivity index (χ4n) is 0.843. The van der Waals surface area contributed by atoms with Gasteiger partial charge in [0.15, 0.2) is 0 Å². The summed E-state index contributed by atoms with van der Waals surface area (Å²) < 4.78 is 0. The Morgan fingerprint density at radius 3 is 3.00 bits per heavy atom. The minimum absolute atomic E-state index is 0.520. The molecule has 0 amide bonds. The van der Waals surface area contributed by atoms with Crippen LogP contribution >= 0.6 is 11.6 Å². The number of hydrogen-bond donors (Lipinski definition) is 1. The van der Waals surface area contributed by atoms with Crippen molar-refractivity contribution in [3.63, 3.8) is 0 Å². The molecule has 3 heteroatoms. The van der Waals surface area contributed by atoms with Crippen LogP contribution in [-0.2, 0) is 5.88 Å². The van der Waals surface area contributed by atoms with Crippen molar-refractivity contribution >= 4 is 17.8 Å². The Hall–Kier alpha value is -1.02. The molecule has 0 saturated carbocycles. The van der Waals surface area contributed by atoms with Gasteiger partial charge < -0.3 is 5.84 Å². The zero-order valence-corrected chi connectivity index (χ0v) is 6.75. The summed E-state index contributed by atoms with van der Waals surface area (Å²) in [6, 6.07) is 7.76. The predicted octanol–water partition coefficient (Wildman–Crippen LogP) is 1.72. The van der Waals surface area contributed by atoms with Crippen molar-refractivity contribution in [2.75, 3.05) is 0 Å². The number of rotatable bonds is 2. The lowest BCUT2D eigenvalue weighted by Gasteiger charge is -1.95. The van der Waals surface area contributed by atoms with Crippen LogP contribution in [0.4, 0.5) is 0 Å². The van der Waals surface area contributed by atoms with Crippen molar-refractivity contribution in [2.45, 2.75) is 5.88 Å². The molecule has 1 aromatic rings. The monoisotopic (exact) mass is 168 g/mol. The molecule has 2 nitrogen and oxygen atoms in total. The van der Waals surface area contributed by atoms with Gasteiger partial charge in [0.25, 0.3) is 0 Å². The second-order valence-electron chi connectivity index (χ2n) is 2.16. The summed E-state index contributed by atoms with van der Waals surface area (Å²) in [5.41, 5.74) is 2.05. The molecule has 0 bridgehead atoms. The Kier molecular flexibility index (Phi) is 2.93. The molecule has 0 unspecified atom stereocenters. The molecule has 1 aromatic carbocycles. The van der Waals surface area contributed by atoms with Gasteiger partial charge in [-0.05, 0) is 17.2 Å². The Bertz CT molecular complexity index is 258. The lowest BCUT2D eigenvalue weighted by molar-refractivity contribution is 1.26.